The molecule has 2 heterocycles. The van der Waals surface area contributed by atoms with Crippen molar-refractivity contribution in [1.82, 2.24) is 14.9 Å². The molecule has 0 radical (unpaired) electrons. The summed E-state index contributed by atoms with van der Waals surface area (Å²) in [4.78, 5) is 13.1. The first-order valence-electron chi connectivity index (χ1n) is 8.15. The molecule has 0 saturated carbocycles. The number of piperazine rings is 1. The summed E-state index contributed by atoms with van der Waals surface area (Å²) in [6.45, 7) is 5.25. The lowest BCUT2D eigenvalue weighted by Gasteiger charge is -2.33. The van der Waals surface area contributed by atoms with Crippen molar-refractivity contribution in [3.8, 4) is 0 Å². The number of aromatic nitrogens is 2. The summed E-state index contributed by atoms with van der Waals surface area (Å²) in [6, 6.07) is 4.89. The van der Waals surface area contributed by atoms with Crippen LogP contribution in [0.15, 0.2) is 24.3 Å². The summed E-state index contributed by atoms with van der Waals surface area (Å²) in [7, 11) is 2.06. The minimum absolute atomic E-state index is 0.156. The molecule has 1 aromatic carbocycles. The van der Waals surface area contributed by atoms with E-state index in [9.17, 15) is 13.2 Å². The van der Waals surface area contributed by atoms with Gasteiger partial charge in [-0.05, 0) is 32.2 Å². The molecule has 1 fully saturated rings. The van der Waals surface area contributed by atoms with Gasteiger partial charge < -0.3 is 15.1 Å². The number of likely N-dealkylation sites (N-methyl/N-ethyl adjacent to an activating group) is 1. The first kappa shape index (κ1) is 18.7. The Labute approximate surface area is 154 Å². The van der Waals surface area contributed by atoms with E-state index in [0.29, 0.717) is 11.6 Å². The second-order valence-corrected chi connectivity index (χ2v) is 6.67. The first-order chi connectivity index (χ1) is 12.2. The molecule has 5 nitrogen and oxygen atoms in total. The van der Waals surface area contributed by atoms with E-state index in [1.54, 1.807) is 13.0 Å². The van der Waals surface area contributed by atoms with Gasteiger partial charge in [-0.2, -0.15) is 13.2 Å². The summed E-state index contributed by atoms with van der Waals surface area (Å²) in [5.74, 6) is 1.69. The highest BCUT2D eigenvalue weighted by Gasteiger charge is 2.31. The molecular formula is C17H19ClF3N5. The Kier molecular flexibility index (Phi) is 5.24. The average molecular weight is 386 g/mol. The lowest BCUT2D eigenvalue weighted by atomic mass is 10.2. The monoisotopic (exact) mass is 385 g/mol. The standard InChI is InChI=1S/C17H19ClF3N5/c1-11-22-15(10-16(23-11)26-7-5-25(2)6-8-26)24-14-9-12(17(19,20)21)3-4-13(14)18/h3-4,9-10H,5-8H2,1-2H3,(H,22,23,24). The lowest BCUT2D eigenvalue weighted by Crippen LogP contribution is -2.44. The van der Waals surface area contributed by atoms with Crippen molar-refractivity contribution in [2.24, 2.45) is 0 Å². The molecule has 3 rings (SSSR count). The summed E-state index contributed by atoms with van der Waals surface area (Å²) in [5.41, 5.74) is -0.613. The molecule has 1 N–H and O–H groups in total. The third-order valence-electron chi connectivity index (χ3n) is 4.21. The highest BCUT2D eigenvalue weighted by molar-refractivity contribution is 6.33. The Balaban J connectivity index is 1.86. The van der Waals surface area contributed by atoms with E-state index in [4.69, 9.17) is 11.6 Å². The molecule has 0 spiro atoms. The minimum atomic E-state index is -4.44. The molecule has 26 heavy (non-hydrogen) atoms. The van der Waals surface area contributed by atoms with Gasteiger partial charge in [0.2, 0.25) is 0 Å². The largest absolute Gasteiger partial charge is 0.416 e. The number of hydrogen-bond acceptors (Lipinski definition) is 5. The van der Waals surface area contributed by atoms with E-state index in [1.807, 2.05) is 0 Å². The normalized spacial score (nSPS) is 16.0. The maximum Gasteiger partial charge on any atom is 0.416 e. The van der Waals surface area contributed by atoms with E-state index < -0.39 is 11.7 Å². The lowest BCUT2D eigenvalue weighted by molar-refractivity contribution is -0.137. The van der Waals surface area contributed by atoms with Gasteiger partial charge in [0.25, 0.3) is 0 Å². The van der Waals surface area contributed by atoms with Crippen LogP contribution in [-0.2, 0) is 6.18 Å². The Bertz CT molecular complexity index is 788. The molecule has 1 saturated heterocycles. The van der Waals surface area contributed by atoms with Crippen LogP contribution in [0.1, 0.15) is 11.4 Å². The minimum Gasteiger partial charge on any atom is -0.354 e. The number of benzene rings is 1. The fourth-order valence-corrected chi connectivity index (χ4v) is 2.91. The van der Waals surface area contributed by atoms with Crippen molar-refractivity contribution < 1.29 is 13.2 Å². The van der Waals surface area contributed by atoms with Crippen LogP contribution in [0.4, 0.5) is 30.5 Å². The molecule has 0 atom stereocenters. The molecule has 140 valence electrons. The maximum absolute atomic E-state index is 12.9. The van der Waals surface area contributed by atoms with Crippen LogP contribution in [0.2, 0.25) is 5.02 Å². The first-order valence-corrected chi connectivity index (χ1v) is 8.53. The molecule has 1 aliphatic rings. The average Bonchev–Trinajstić information content (AvgIpc) is 2.56. The Morgan fingerprint density at radius 1 is 1.08 bits per heavy atom. The van der Waals surface area contributed by atoms with Crippen LogP contribution in [0.5, 0.6) is 0 Å². The predicted octanol–water partition coefficient (Wildman–Crippen LogP) is 3.95. The zero-order chi connectivity index (χ0) is 18.9. The number of halogens is 4. The Morgan fingerprint density at radius 3 is 2.42 bits per heavy atom. The van der Waals surface area contributed by atoms with Gasteiger partial charge in [0.1, 0.15) is 17.5 Å². The molecule has 1 aromatic heterocycles. The number of rotatable bonds is 3. The van der Waals surface area contributed by atoms with Gasteiger partial charge >= 0.3 is 6.18 Å². The van der Waals surface area contributed by atoms with Crippen LogP contribution in [0.3, 0.4) is 0 Å². The maximum atomic E-state index is 12.9. The van der Waals surface area contributed by atoms with E-state index in [-0.39, 0.29) is 10.7 Å². The number of nitrogens with zero attached hydrogens (tertiary/aromatic N) is 4. The summed E-state index contributed by atoms with van der Waals surface area (Å²) >= 11 is 6.05. The van der Waals surface area contributed by atoms with Crippen molar-refractivity contribution in [2.75, 3.05) is 43.4 Å². The topological polar surface area (TPSA) is 44.3 Å². The van der Waals surface area contributed by atoms with Gasteiger partial charge in [-0.15, -0.1) is 0 Å². The van der Waals surface area contributed by atoms with Crippen LogP contribution in [-0.4, -0.2) is 48.1 Å². The van der Waals surface area contributed by atoms with Crippen molar-refractivity contribution in [3.63, 3.8) is 0 Å². The zero-order valence-electron chi connectivity index (χ0n) is 14.4. The van der Waals surface area contributed by atoms with Gasteiger partial charge in [-0.25, -0.2) is 9.97 Å². The third kappa shape index (κ3) is 4.37. The molecular weight excluding hydrogens is 367 g/mol. The SMILES string of the molecule is Cc1nc(Nc2cc(C(F)(F)F)ccc2Cl)cc(N2CCN(C)CC2)n1. The van der Waals surface area contributed by atoms with Crippen molar-refractivity contribution in [1.29, 1.82) is 0 Å². The van der Waals surface area contributed by atoms with Crippen LogP contribution in [0, 0.1) is 6.92 Å². The number of hydrogen-bond donors (Lipinski definition) is 1. The number of aryl methyl sites for hydroxylation is 1. The van der Waals surface area contributed by atoms with Crippen molar-refractivity contribution in [3.05, 3.63) is 40.7 Å². The van der Waals surface area contributed by atoms with E-state index >= 15 is 0 Å². The fraction of sp³-hybridized carbons (Fsp3) is 0.412. The van der Waals surface area contributed by atoms with E-state index in [1.165, 1.54) is 6.07 Å². The second-order valence-electron chi connectivity index (χ2n) is 6.27. The van der Waals surface area contributed by atoms with Gasteiger partial charge in [0.15, 0.2) is 0 Å². The number of anilines is 3. The molecule has 0 aliphatic carbocycles. The smallest absolute Gasteiger partial charge is 0.354 e. The van der Waals surface area contributed by atoms with Crippen LogP contribution < -0.4 is 10.2 Å². The fourth-order valence-electron chi connectivity index (χ4n) is 2.75. The molecule has 0 amide bonds. The summed E-state index contributed by atoms with van der Waals surface area (Å²) in [6.07, 6.45) is -4.44. The van der Waals surface area contributed by atoms with Crippen molar-refractivity contribution >= 4 is 28.9 Å². The number of nitrogens with one attached hydrogen (secondary N) is 1. The summed E-state index contributed by atoms with van der Waals surface area (Å²) in [5, 5.41) is 3.08. The van der Waals surface area contributed by atoms with Crippen molar-refractivity contribution in [2.45, 2.75) is 13.1 Å². The zero-order valence-corrected chi connectivity index (χ0v) is 15.2. The predicted molar refractivity (Wildman–Crippen MR) is 96.2 cm³/mol. The van der Waals surface area contributed by atoms with Crippen LogP contribution in [0.25, 0.3) is 0 Å². The van der Waals surface area contributed by atoms with Crippen LogP contribution >= 0.6 is 11.6 Å². The quantitative estimate of drug-likeness (QED) is 0.866. The third-order valence-corrected chi connectivity index (χ3v) is 4.54. The second kappa shape index (κ2) is 7.28. The Morgan fingerprint density at radius 2 is 1.77 bits per heavy atom. The Hall–Kier alpha value is -2.06. The summed E-state index contributed by atoms with van der Waals surface area (Å²) < 4.78 is 38.8. The molecule has 9 heteroatoms. The van der Waals surface area contributed by atoms with E-state index in [2.05, 4.69) is 32.1 Å². The van der Waals surface area contributed by atoms with Gasteiger partial charge in [-0.1, -0.05) is 11.6 Å². The molecule has 0 unspecified atom stereocenters. The molecule has 2 aromatic rings. The van der Waals surface area contributed by atoms with Gasteiger partial charge in [0, 0.05) is 32.2 Å². The van der Waals surface area contributed by atoms with Gasteiger partial charge in [0.05, 0.1) is 16.3 Å². The number of alkyl halides is 3. The highest BCUT2D eigenvalue weighted by atomic mass is 35.5. The highest BCUT2D eigenvalue weighted by Crippen LogP contribution is 2.35. The molecule has 1 aliphatic heterocycles. The van der Waals surface area contributed by atoms with Gasteiger partial charge in [-0.3, -0.25) is 0 Å². The molecule has 0 bridgehead atoms. The van der Waals surface area contributed by atoms with E-state index in [0.717, 1.165) is 44.1 Å².